The number of halogens is 2. The van der Waals surface area contributed by atoms with Gasteiger partial charge < -0.3 is 9.47 Å². The number of nitrogens with one attached hydrogen (secondary N) is 1. The molecule has 0 atom stereocenters. The predicted molar refractivity (Wildman–Crippen MR) is 122 cm³/mol. The number of nitrogens with zero attached hydrogens (tertiary/aromatic N) is 2. The van der Waals surface area contributed by atoms with E-state index in [0.29, 0.717) is 16.3 Å². The average Bonchev–Trinajstić information content (AvgIpc) is 2.79. The number of rotatable bonds is 8. The van der Waals surface area contributed by atoms with Crippen LogP contribution < -0.4 is 14.9 Å². The third kappa shape index (κ3) is 7.03. The SMILES string of the molecule is O=C(COc1ccc(Cl)cc1Cl)N/N=C\c1ccc(OC(=O)c2ccc([N+](=O)[O-])cc2)cc1. The number of ether oxygens (including phenoxy) is 2. The van der Waals surface area contributed by atoms with Gasteiger partial charge in [-0.25, -0.2) is 10.2 Å². The first-order valence-electron chi connectivity index (χ1n) is 9.28. The van der Waals surface area contributed by atoms with Crippen molar-refractivity contribution in [1.82, 2.24) is 5.43 Å². The number of nitro groups is 1. The Morgan fingerprint density at radius 2 is 1.73 bits per heavy atom. The van der Waals surface area contributed by atoms with E-state index in [4.69, 9.17) is 32.7 Å². The lowest BCUT2D eigenvalue weighted by atomic mass is 10.2. The Hall–Kier alpha value is -3.95. The van der Waals surface area contributed by atoms with Crippen LogP contribution >= 0.6 is 23.2 Å². The Morgan fingerprint density at radius 1 is 1.03 bits per heavy atom. The van der Waals surface area contributed by atoms with Crippen LogP contribution in [-0.2, 0) is 4.79 Å². The van der Waals surface area contributed by atoms with Crippen molar-refractivity contribution < 1.29 is 24.0 Å². The fraction of sp³-hybridized carbons (Fsp3) is 0.0455. The van der Waals surface area contributed by atoms with Crippen molar-refractivity contribution in [3.63, 3.8) is 0 Å². The lowest BCUT2D eigenvalue weighted by molar-refractivity contribution is -0.384. The van der Waals surface area contributed by atoms with Crippen LogP contribution in [0.4, 0.5) is 5.69 Å². The van der Waals surface area contributed by atoms with Crippen LogP contribution in [0.5, 0.6) is 11.5 Å². The molecule has 11 heteroatoms. The number of hydrogen-bond donors (Lipinski definition) is 1. The zero-order valence-corrected chi connectivity index (χ0v) is 18.2. The molecule has 0 aliphatic carbocycles. The number of non-ortho nitro benzene ring substituents is 1. The average molecular weight is 488 g/mol. The van der Waals surface area contributed by atoms with Gasteiger partial charge in [0.2, 0.25) is 0 Å². The van der Waals surface area contributed by atoms with Gasteiger partial charge in [0.15, 0.2) is 6.61 Å². The third-order valence-electron chi connectivity index (χ3n) is 4.06. The van der Waals surface area contributed by atoms with E-state index in [1.807, 2.05) is 0 Å². The molecule has 168 valence electrons. The van der Waals surface area contributed by atoms with Crippen LogP contribution in [0.1, 0.15) is 15.9 Å². The number of nitro benzene ring substituents is 1. The van der Waals surface area contributed by atoms with Gasteiger partial charge in [0, 0.05) is 17.2 Å². The van der Waals surface area contributed by atoms with E-state index in [-0.39, 0.29) is 28.6 Å². The lowest BCUT2D eigenvalue weighted by Crippen LogP contribution is -2.24. The fourth-order valence-corrected chi connectivity index (χ4v) is 2.92. The van der Waals surface area contributed by atoms with Crippen LogP contribution in [0.2, 0.25) is 10.0 Å². The molecule has 0 fully saturated rings. The van der Waals surface area contributed by atoms with Crippen LogP contribution in [-0.4, -0.2) is 29.6 Å². The monoisotopic (exact) mass is 487 g/mol. The normalized spacial score (nSPS) is 10.6. The van der Waals surface area contributed by atoms with Crippen molar-refractivity contribution in [3.8, 4) is 11.5 Å². The topological polar surface area (TPSA) is 120 Å². The molecule has 0 saturated carbocycles. The van der Waals surface area contributed by atoms with Crippen molar-refractivity contribution in [2.75, 3.05) is 6.61 Å². The minimum absolute atomic E-state index is 0.123. The second-order valence-corrected chi connectivity index (χ2v) is 7.26. The molecule has 0 aromatic heterocycles. The third-order valence-corrected chi connectivity index (χ3v) is 4.59. The number of esters is 1. The van der Waals surface area contributed by atoms with Crippen molar-refractivity contribution in [3.05, 3.63) is 98.0 Å². The molecule has 3 rings (SSSR count). The van der Waals surface area contributed by atoms with Crippen molar-refractivity contribution in [1.29, 1.82) is 0 Å². The maximum absolute atomic E-state index is 12.1. The van der Waals surface area contributed by atoms with Gasteiger partial charge in [0.25, 0.3) is 11.6 Å². The molecule has 0 heterocycles. The van der Waals surface area contributed by atoms with Gasteiger partial charge in [-0.1, -0.05) is 23.2 Å². The molecule has 0 unspecified atom stereocenters. The summed E-state index contributed by atoms with van der Waals surface area (Å²) in [6.07, 6.45) is 1.40. The highest BCUT2D eigenvalue weighted by Gasteiger charge is 2.11. The molecule has 9 nitrogen and oxygen atoms in total. The quantitative estimate of drug-likeness (QED) is 0.162. The highest BCUT2D eigenvalue weighted by atomic mass is 35.5. The minimum Gasteiger partial charge on any atom is -0.482 e. The van der Waals surface area contributed by atoms with Crippen LogP contribution in [0.3, 0.4) is 0 Å². The van der Waals surface area contributed by atoms with Gasteiger partial charge in [-0.15, -0.1) is 0 Å². The fourth-order valence-electron chi connectivity index (χ4n) is 2.45. The standard InChI is InChI=1S/C22H15Cl2N3O6/c23-16-5-10-20(19(24)11-16)32-13-21(28)26-25-12-14-1-8-18(9-2-14)33-22(29)15-3-6-17(7-4-15)27(30)31/h1-12H,13H2,(H,26,28)/b25-12-. The highest BCUT2D eigenvalue weighted by molar-refractivity contribution is 6.35. The number of carbonyl (C=O) groups excluding carboxylic acids is 2. The van der Waals surface area contributed by atoms with E-state index in [1.54, 1.807) is 24.3 Å². The number of carbonyl (C=O) groups is 2. The summed E-state index contributed by atoms with van der Waals surface area (Å²) in [5.41, 5.74) is 3.00. The second kappa shape index (κ2) is 11.1. The summed E-state index contributed by atoms with van der Waals surface area (Å²) < 4.78 is 10.5. The largest absolute Gasteiger partial charge is 0.482 e. The Labute approximate surface area is 197 Å². The van der Waals surface area contributed by atoms with Gasteiger partial charge in [-0.05, 0) is 60.2 Å². The van der Waals surface area contributed by atoms with Gasteiger partial charge in [-0.3, -0.25) is 14.9 Å². The van der Waals surface area contributed by atoms with Crippen molar-refractivity contribution in [2.24, 2.45) is 5.10 Å². The summed E-state index contributed by atoms with van der Waals surface area (Å²) in [5, 5.41) is 15.2. The molecular formula is C22H15Cl2N3O6. The number of amides is 1. The lowest BCUT2D eigenvalue weighted by Gasteiger charge is -2.07. The first kappa shape index (κ1) is 23.7. The molecule has 3 aromatic rings. The van der Waals surface area contributed by atoms with Gasteiger partial charge in [-0.2, -0.15) is 5.10 Å². The minimum atomic E-state index is -0.653. The molecule has 1 amide bonds. The number of hydrazone groups is 1. The molecule has 0 saturated heterocycles. The Kier molecular flexibility index (Phi) is 7.96. The molecular weight excluding hydrogens is 473 g/mol. The van der Waals surface area contributed by atoms with Gasteiger partial charge in [0.05, 0.1) is 21.7 Å². The van der Waals surface area contributed by atoms with E-state index < -0.39 is 16.8 Å². The summed E-state index contributed by atoms with van der Waals surface area (Å²) in [6.45, 7) is -0.295. The van der Waals surface area contributed by atoms with Crippen molar-refractivity contribution >= 4 is 47.0 Å². The predicted octanol–water partition coefficient (Wildman–Crippen LogP) is 4.65. The summed E-state index contributed by atoms with van der Waals surface area (Å²) in [7, 11) is 0. The Morgan fingerprint density at radius 3 is 2.36 bits per heavy atom. The number of benzene rings is 3. The van der Waals surface area contributed by atoms with E-state index >= 15 is 0 Å². The zero-order chi connectivity index (χ0) is 23.8. The maximum atomic E-state index is 12.1. The summed E-state index contributed by atoms with van der Waals surface area (Å²) >= 11 is 11.8. The maximum Gasteiger partial charge on any atom is 0.343 e. The number of hydrogen-bond acceptors (Lipinski definition) is 7. The first-order chi connectivity index (χ1) is 15.8. The molecule has 1 N–H and O–H groups in total. The summed E-state index contributed by atoms with van der Waals surface area (Å²) in [5.74, 6) is -0.558. The Balaban J connectivity index is 1.47. The van der Waals surface area contributed by atoms with E-state index in [1.165, 1.54) is 48.7 Å². The summed E-state index contributed by atoms with van der Waals surface area (Å²) in [6, 6.07) is 16.0. The molecule has 0 spiro atoms. The molecule has 3 aromatic carbocycles. The summed E-state index contributed by atoms with van der Waals surface area (Å²) in [4.78, 5) is 34.1. The molecule has 0 radical (unpaired) electrons. The first-order valence-corrected chi connectivity index (χ1v) is 10.0. The Bertz CT molecular complexity index is 1200. The smallest absolute Gasteiger partial charge is 0.343 e. The van der Waals surface area contributed by atoms with Crippen LogP contribution in [0.25, 0.3) is 0 Å². The second-order valence-electron chi connectivity index (χ2n) is 6.42. The molecule has 0 bridgehead atoms. The molecule has 33 heavy (non-hydrogen) atoms. The van der Waals surface area contributed by atoms with Crippen LogP contribution in [0, 0.1) is 10.1 Å². The van der Waals surface area contributed by atoms with Crippen molar-refractivity contribution in [2.45, 2.75) is 0 Å². The zero-order valence-electron chi connectivity index (χ0n) is 16.7. The molecule has 0 aliphatic heterocycles. The van der Waals surface area contributed by atoms with Gasteiger partial charge >= 0.3 is 5.97 Å². The van der Waals surface area contributed by atoms with E-state index in [2.05, 4.69) is 10.5 Å². The van der Waals surface area contributed by atoms with Crippen LogP contribution in [0.15, 0.2) is 71.8 Å². The van der Waals surface area contributed by atoms with Gasteiger partial charge in [0.1, 0.15) is 11.5 Å². The highest BCUT2D eigenvalue weighted by Crippen LogP contribution is 2.27. The van der Waals surface area contributed by atoms with E-state index in [9.17, 15) is 19.7 Å². The van der Waals surface area contributed by atoms with E-state index in [0.717, 1.165) is 0 Å². The molecule has 0 aliphatic rings.